The zero-order chi connectivity index (χ0) is 24.6. The lowest BCUT2D eigenvalue weighted by molar-refractivity contribution is -0.836. The minimum Gasteiger partial charge on any atom is -0.496 e. The van der Waals surface area contributed by atoms with Crippen LogP contribution < -0.4 is 24.4 Å². The molecule has 1 aromatic rings. The number of nitrogens with one attached hydrogen (secondary N) is 2. The first-order valence-corrected chi connectivity index (χ1v) is 12.6. The van der Waals surface area contributed by atoms with E-state index in [1.54, 1.807) is 20.1 Å². The number of esters is 1. The van der Waals surface area contributed by atoms with Gasteiger partial charge in [0.1, 0.15) is 41.7 Å². The quantitative estimate of drug-likeness (QED) is 0.512. The SMILES string of the molecule is CCOC(=O)C1=C/C(=C\C[NH+]2C=CNC2)c2c(cc3c(c2OC)C[C@@H]([C@@](C)(O)C2CCCC2)O3)O1. The third kappa shape index (κ3) is 4.41. The van der Waals surface area contributed by atoms with Gasteiger partial charge >= 0.3 is 5.97 Å². The van der Waals surface area contributed by atoms with Crippen molar-refractivity contribution < 1.29 is 33.7 Å². The lowest BCUT2D eigenvalue weighted by Crippen LogP contribution is -3.07. The third-order valence-corrected chi connectivity index (χ3v) is 7.63. The Morgan fingerprint density at radius 3 is 2.83 bits per heavy atom. The van der Waals surface area contributed by atoms with Crippen LogP contribution in [0, 0.1) is 5.92 Å². The van der Waals surface area contributed by atoms with Crippen LogP contribution in [0.3, 0.4) is 0 Å². The Kier molecular flexibility index (Phi) is 6.51. The highest BCUT2D eigenvalue weighted by atomic mass is 16.6. The molecule has 3 heterocycles. The van der Waals surface area contributed by atoms with Crippen LogP contribution in [0.15, 0.2) is 36.4 Å². The van der Waals surface area contributed by atoms with Gasteiger partial charge in [0.2, 0.25) is 5.76 Å². The van der Waals surface area contributed by atoms with Crippen molar-refractivity contribution in [2.75, 3.05) is 26.9 Å². The highest BCUT2D eigenvalue weighted by Crippen LogP contribution is 2.51. The Morgan fingerprint density at radius 1 is 1.34 bits per heavy atom. The van der Waals surface area contributed by atoms with Gasteiger partial charge in [-0.25, -0.2) is 4.79 Å². The highest BCUT2D eigenvalue weighted by Gasteiger charge is 2.46. The van der Waals surface area contributed by atoms with Crippen LogP contribution in [0.5, 0.6) is 17.2 Å². The lowest BCUT2D eigenvalue weighted by atomic mass is 9.81. The van der Waals surface area contributed by atoms with E-state index in [4.69, 9.17) is 18.9 Å². The molecule has 4 aliphatic rings. The van der Waals surface area contributed by atoms with E-state index in [9.17, 15) is 9.90 Å². The molecule has 1 unspecified atom stereocenters. The summed E-state index contributed by atoms with van der Waals surface area (Å²) in [4.78, 5) is 13.8. The summed E-state index contributed by atoms with van der Waals surface area (Å²) in [6, 6.07) is 1.82. The van der Waals surface area contributed by atoms with Crippen LogP contribution in [0.2, 0.25) is 0 Å². The molecule has 0 saturated heterocycles. The first-order valence-electron chi connectivity index (χ1n) is 12.6. The zero-order valence-corrected chi connectivity index (χ0v) is 20.7. The molecular formula is C27H35N2O6+. The number of rotatable bonds is 7. The molecule has 188 valence electrons. The fraction of sp³-hybridized carbons (Fsp3) is 0.519. The van der Waals surface area contributed by atoms with Gasteiger partial charge in [0.25, 0.3) is 0 Å². The van der Waals surface area contributed by atoms with Crippen molar-refractivity contribution in [1.29, 1.82) is 0 Å². The molecule has 8 heteroatoms. The number of aliphatic hydroxyl groups is 1. The summed E-state index contributed by atoms with van der Waals surface area (Å²) >= 11 is 0. The average molecular weight is 484 g/mol. The molecule has 0 spiro atoms. The maximum Gasteiger partial charge on any atom is 0.374 e. The predicted molar refractivity (Wildman–Crippen MR) is 130 cm³/mol. The number of carbonyl (C=O) groups is 1. The number of allylic oxidation sites excluding steroid dienone is 2. The molecule has 0 aromatic heterocycles. The molecule has 1 aliphatic carbocycles. The molecule has 3 aliphatic heterocycles. The smallest absolute Gasteiger partial charge is 0.374 e. The van der Waals surface area contributed by atoms with Crippen molar-refractivity contribution in [3.05, 3.63) is 47.5 Å². The van der Waals surface area contributed by atoms with Crippen LogP contribution in [0.1, 0.15) is 50.7 Å². The minimum atomic E-state index is -0.937. The fourth-order valence-corrected chi connectivity index (χ4v) is 5.64. The maximum absolute atomic E-state index is 12.6. The van der Waals surface area contributed by atoms with Gasteiger partial charge in [0, 0.05) is 18.1 Å². The summed E-state index contributed by atoms with van der Waals surface area (Å²) in [7, 11) is 1.64. The first-order chi connectivity index (χ1) is 16.9. The van der Waals surface area contributed by atoms with Crippen molar-refractivity contribution in [2.24, 2.45) is 5.92 Å². The molecule has 35 heavy (non-hydrogen) atoms. The third-order valence-electron chi connectivity index (χ3n) is 7.63. The first kappa shape index (κ1) is 23.8. The highest BCUT2D eigenvalue weighted by molar-refractivity contribution is 5.95. The molecule has 5 rings (SSSR count). The van der Waals surface area contributed by atoms with E-state index < -0.39 is 11.6 Å². The average Bonchev–Trinajstić information content (AvgIpc) is 3.62. The summed E-state index contributed by atoms with van der Waals surface area (Å²) in [6.07, 6.45) is 12.3. The van der Waals surface area contributed by atoms with Crippen molar-refractivity contribution in [1.82, 2.24) is 5.32 Å². The van der Waals surface area contributed by atoms with Crippen LogP contribution in [0.25, 0.3) is 5.57 Å². The van der Waals surface area contributed by atoms with E-state index in [0.29, 0.717) is 23.7 Å². The van der Waals surface area contributed by atoms with Crippen LogP contribution in [0.4, 0.5) is 0 Å². The van der Waals surface area contributed by atoms with Crippen LogP contribution >= 0.6 is 0 Å². The van der Waals surface area contributed by atoms with E-state index in [0.717, 1.165) is 55.6 Å². The summed E-state index contributed by atoms with van der Waals surface area (Å²) in [6.45, 7) is 5.44. The van der Waals surface area contributed by atoms with Gasteiger partial charge in [-0.2, -0.15) is 0 Å². The molecule has 0 bridgehead atoms. The van der Waals surface area contributed by atoms with Gasteiger partial charge < -0.3 is 29.4 Å². The number of benzene rings is 1. The summed E-state index contributed by atoms with van der Waals surface area (Å²) < 4.78 is 23.5. The topological polar surface area (TPSA) is 90.7 Å². The Bertz CT molecular complexity index is 1080. The molecule has 1 saturated carbocycles. The molecule has 1 aromatic carbocycles. The van der Waals surface area contributed by atoms with Gasteiger partial charge in [0.15, 0.2) is 6.67 Å². The fourth-order valence-electron chi connectivity index (χ4n) is 5.64. The summed E-state index contributed by atoms with van der Waals surface area (Å²) in [5.74, 6) is 1.62. The second-order valence-electron chi connectivity index (χ2n) is 9.84. The van der Waals surface area contributed by atoms with Crippen molar-refractivity contribution in [3.63, 3.8) is 0 Å². The van der Waals surface area contributed by atoms with Gasteiger partial charge in [-0.3, -0.25) is 4.90 Å². The van der Waals surface area contributed by atoms with Gasteiger partial charge in [-0.1, -0.05) is 12.8 Å². The number of fused-ring (bicyclic) bond motifs is 2. The molecule has 3 N–H and O–H groups in total. The van der Waals surface area contributed by atoms with Gasteiger partial charge in [-0.05, 0) is 50.3 Å². The van der Waals surface area contributed by atoms with Crippen LogP contribution in [-0.2, 0) is 16.0 Å². The standard InChI is InChI=1S/C27H34N2O6/c1-4-33-26(30)22-13-17(9-11-29-12-10-28-16-29)24-21(34-22)15-20-19(25(24)32-3)14-23(35-20)27(2,31)18-7-5-6-8-18/h9-10,12-13,15,18,23,28,31H,4-8,11,14,16H2,1-3H3/p+1/b17-9+/t23-,27-/m0/s1. The number of ether oxygens (including phenoxy) is 4. The largest absolute Gasteiger partial charge is 0.496 e. The minimum absolute atomic E-state index is 0.130. The van der Waals surface area contributed by atoms with E-state index in [1.165, 1.54) is 4.90 Å². The monoisotopic (exact) mass is 483 g/mol. The molecule has 3 atom stereocenters. The Hall–Kier alpha value is -2.97. The lowest BCUT2D eigenvalue weighted by Gasteiger charge is -2.35. The molecule has 0 amide bonds. The maximum atomic E-state index is 12.6. The number of hydrogen-bond donors (Lipinski definition) is 3. The van der Waals surface area contributed by atoms with Gasteiger partial charge in [-0.15, -0.1) is 0 Å². The second kappa shape index (κ2) is 9.59. The van der Waals surface area contributed by atoms with Crippen molar-refractivity contribution >= 4 is 11.5 Å². The zero-order valence-electron chi connectivity index (χ0n) is 20.7. The normalized spacial score (nSPS) is 25.7. The Morgan fingerprint density at radius 2 is 2.14 bits per heavy atom. The molecule has 1 fully saturated rings. The molecule has 8 nitrogen and oxygen atoms in total. The molecular weight excluding hydrogens is 448 g/mol. The van der Waals surface area contributed by atoms with Crippen molar-refractivity contribution in [2.45, 2.75) is 57.7 Å². The molecule has 0 radical (unpaired) electrons. The predicted octanol–water partition coefficient (Wildman–Crippen LogP) is 2.08. The Balaban J connectivity index is 1.52. The Labute approximate surface area is 206 Å². The summed E-state index contributed by atoms with van der Waals surface area (Å²) in [5.41, 5.74) is 1.62. The van der Waals surface area contributed by atoms with Crippen LogP contribution in [-0.4, -0.2) is 49.7 Å². The summed E-state index contributed by atoms with van der Waals surface area (Å²) in [5, 5.41) is 14.6. The number of quaternary nitrogens is 1. The van der Waals surface area contributed by atoms with Gasteiger partial charge in [0.05, 0.1) is 25.5 Å². The van der Waals surface area contributed by atoms with Crippen molar-refractivity contribution in [3.8, 4) is 17.2 Å². The number of hydrogen-bond acceptors (Lipinski definition) is 7. The van der Waals surface area contributed by atoms with E-state index in [2.05, 4.69) is 17.6 Å². The van der Waals surface area contributed by atoms with E-state index in [1.807, 2.05) is 19.2 Å². The van der Waals surface area contributed by atoms with E-state index >= 15 is 0 Å². The second-order valence-corrected chi connectivity index (χ2v) is 9.84. The van der Waals surface area contributed by atoms with E-state index in [-0.39, 0.29) is 24.4 Å². The number of methoxy groups -OCH3 is 1. The number of carbonyl (C=O) groups excluding carboxylic acids is 1.